The van der Waals surface area contributed by atoms with Gasteiger partial charge in [0.2, 0.25) is 5.95 Å². The summed E-state index contributed by atoms with van der Waals surface area (Å²) in [5.74, 6) is -0.436. The number of carboxylic acid groups (broad SMARTS) is 1. The molecule has 0 spiro atoms. The van der Waals surface area contributed by atoms with Gasteiger partial charge in [-0.3, -0.25) is 9.36 Å². The molecule has 0 aliphatic heterocycles. The van der Waals surface area contributed by atoms with E-state index < -0.39 is 5.97 Å². The van der Waals surface area contributed by atoms with Gasteiger partial charge in [0.1, 0.15) is 0 Å². The molecule has 6 nitrogen and oxygen atoms in total. The maximum absolute atomic E-state index is 12.5. The zero-order valence-corrected chi connectivity index (χ0v) is 13.2. The molecule has 0 bridgehead atoms. The number of benzene rings is 1. The Labute approximate surface area is 129 Å². The summed E-state index contributed by atoms with van der Waals surface area (Å²) < 4.78 is 1.54. The average molecular weight is 303 g/mol. The van der Waals surface area contributed by atoms with Crippen LogP contribution >= 0.6 is 0 Å². The standard InChI is InChI=1S/C16H21N3O3/c1-4-8-19(9-5-2)16-17-13-10-11(15(21)22)6-7-12(13)14(20)18(16)3/h6-7,10H,4-5,8-9H2,1-3H3,(H,21,22). The van der Waals surface area contributed by atoms with Crippen molar-refractivity contribution in [3.63, 3.8) is 0 Å². The van der Waals surface area contributed by atoms with Crippen LogP contribution < -0.4 is 10.5 Å². The molecule has 0 atom stereocenters. The molecule has 0 aliphatic carbocycles. The first-order valence-corrected chi connectivity index (χ1v) is 7.48. The highest BCUT2D eigenvalue weighted by molar-refractivity contribution is 5.93. The third-order valence-electron chi connectivity index (χ3n) is 3.57. The highest BCUT2D eigenvalue weighted by atomic mass is 16.4. The molecule has 0 aliphatic rings. The van der Waals surface area contributed by atoms with Crippen molar-refractivity contribution in [3.05, 3.63) is 34.1 Å². The van der Waals surface area contributed by atoms with Crippen molar-refractivity contribution in [2.45, 2.75) is 26.7 Å². The molecule has 22 heavy (non-hydrogen) atoms. The monoisotopic (exact) mass is 303 g/mol. The van der Waals surface area contributed by atoms with E-state index in [1.54, 1.807) is 7.05 Å². The second kappa shape index (κ2) is 6.60. The van der Waals surface area contributed by atoms with Crippen LogP contribution in [0.2, 0.25) is 0 Å². The molecule has 0 unspecified atom stereocenters. The zero-order valence-electron chi connectivity index (χ0n) is 13.2. The third kappa shape index (κ3) is 2.95. The number of aromatic nitrogens is 2. The number of carbonyl (C=O) groups is 1. The second-order valence-electron chi connectivity index (χ2n) is 5.30. The molecule has 2 aromatic rings. The minimum Gasteiger partial charge on any atom is -0.478 e. The topological polar surface area (TPSA) is 75.4 Å². The van der Waals surface area contributed by atoms with Crippen LogP contribution in [0.3, 0.4) is 0 Å². The third-order valence-corrected chi connectivity index (χ3v) is 3.57. The molecule has 118 valence electrons. The van der Waals surface area contributed by atoms with Gasteiger partial charge in [-0.2, -0.15) is 0 Å². The largest absolute Gasteiger partial charge is 0.478 e. The van der Waals surface area contributed by atoms with Crippen molar-refractivity contribution < 1.29 is 9.90 Å². The van der Waals surface area contributed by atoms with Crippen molar-refractivity contribution >= 4 is 22.8 Å². The van der Waals surface area contributed by atoms with E-state index >= 15 is 0 Å². The lowest BCUT2D eigenvalue weighted by atomic mass is 10.1. The van der Waals surface area contributed by atoms with Gasteiger partial charge in [-0.05, 0) is 31.0 Å². The fraction of sp³-hybridized carbons (Fsp3) is 0.438. The van der Waals surface area contributed by atoms with Gasteiger partial charge in [0.15, 0.2) is 0 Å². The molecular formula is C16H21N3O3. The molecule has 0 radical (unpaired) electrons. The van der Waals surface area contributed by atoms with Gasteiger partial charge >= 0.3 is 5.97 Å². The van der Waals surface area contributed by atoms with Crippen LogP contribution in [0.5, 0.6) is 0 Å². The average Bonchev–Trinajstić information content (AvgIpc) is 2.50. The first-order valence-electron chi connectivity index (χ1n) is 7.48. The summed E-state index contributed by atoms with van der Waals surface area (Å²) in [6, 6.07) is 4.42. The number of hydrogen-bond acceptors (Lipinski definition) is 4. The molecule has 6 heteroatoms. The fourth-order valence-corrected chi connectivity index (χ4v) is 2.53. The quantitative estimate of drug-likeness (QED) is 0.886. The molecule has 1 aromatic carbocycles. The minimum absolute atomic E-state index is 0.136. The predicted octanol–water partition coefficient (Wildman–Crippen LogP) is 2.26. The van der Waals surface area contributed by atoms with E-state index in [2.05, 4.69) is 23.7 Å². The van der Waals surface area contributed by atoms with Gasteiger partial charge in [0, 0.05) is 20.1 Å². The molecule has 1 N–H and O–H groups in total. The first-order chi connectivity index (χ1) is 10.5. The highest BCUT2D eigenvalue weighted by Crippen LogP contribution is 2.16. The Kier molecular flexibility index (Phi) is 4.80. The van der Waals surface area contributed by atoms with E-state index in [1.165, 1.54) is 22.8 Å². The summed E-state index contributed by atoms with van der Waals surface area (Å²) in [7, 11) is 1.70. The molecule has 0 amide bonds. The van der Waals surface area contributed by atoms with Crippen LogP contribution in [0.1, 0.15) is 37.0 Å². The van der Waals surface area contributed by atoms with E-state index in [1.807, 2.05) is 0 Å². The van der Waals surface area contributed by atoms with Gasteiger partial charge in [0.25, 0.3) is 5.56 Å². The normalized spacial score (nSPS) is 10.9. The number of nitrogens with zero attached hydrogens (tertiary/aromatic N) is 3. The molecule has 0 saturated heterocycles. The lowest BCUT2D eigenvalue weighted by Gasteiger charge is -2.24. The molecular weight excluding hydrogens is 282 g/mol. The highest BCUT2D eigenvalue weighted by Gasteiger charge is 2.15. The Morgan fingerprint density at radius 1 is 1.27 bits per heavy atom. The summed E-state index contributed by atoms with van der Waals surface area (Å²) in [5.41, 5.74) is 0.404. The van der Waals surface area contributed by atoms with E-state index in [0.29, 0.717) is 16.9 Å². The van der Waals surface area contributed by atoms with Gasteiger partial charge in [-0.15, -0.1) is 0 Å². The van der Waals surface area contributed by atoms with Crippen LogP contribution in [-0.2, 0) is 7.05 Å². The Hall–Kier alpha value is -2.37. The zero-order chi connectivity index (χ0) is 16.3. The lowest BCUT2D eigenvalue weighted by molar-refractivity contribution is 0.0697. The van der Waals surface area contributed by atoms with Crippen molar-refractivity contribution in [3.8, 4) is 0 Å². The van der Waals surface area contributed by atoms with Crippen molar-refractivity contribution in [2.24, 2.45) is 7.05 Å². The van der Waals surface area contributed by atoms with Crippen molar-refractivity contribution in [1.29, 1.82) is 0 Å². The van der Waals surface area contributed by atoms with Crippen molar-refractivity contribution in [1.82, 2.24) is 9.55 Å². The number of hydrogen-bond donors (Lipinski definition) is 1. The summed E-state index contributed by atoms with van der Waals surface area (Å²) in [6.07, 6.45) is 1.89. The smallest absolute Gasteiger partial charge is 0.335 e. The Balaban J connectivity index is 2.66. The number of fused-ring (bicyclic) bond motifs is 1. The number of rotatable bonds is 6. The second-order valence-corrected chi connectivity index (χ2v) is 5.30. The Morgan fingerprint density at radius 3 is 2.45 bits per heavy atom. The van der Waals surface area contributed by atoms with E-state index in [9.17, 15) is 9.59 Å². The van der Waals surface area contributed by atoms with Crippen LogP contribution in [0.15, 0.2) is 23.0 Å². The van der Waals surface area contributed by atoms with E-state index in [-0.39, 0.29) is 11.1 Å². The molecule has 1 aromatic heterocycles. The van der Waals surface area contributed by atoms with Gasteiger partial charge < -0.3 is 10.0 Å². The van der Waals surface area contributed by atoms with Gasteiger partial charge in [-0.25, -0.2) is 9.78 Å². The summed E-state index contributed by atoms with van der Waals surface area (Å²) in [4.78, 5) is 30.2. The lowest BCUT2D eigenvalue weighted by Crippen LogP contribution is -2.33. The Morgan fingerprint density at radius 2 is 1.91 bits per heavy atom. The molecule has 0 saturated carbocycles. The van der Waals surface area contributed by atoms with Gasteiger partial charge in [0.05, 0.1) is 16.5 Å². The predicted molar refractivity (Wildman–Crippen MR) is 86.7 cm³/mol. The van der Waals surface area contributed by atoms with E-state index in [4.69, 9.17) is 5.11 Å². The van der Waals surface area contributed by atoms with Gasteiger partial charge in [-0.1, -0.05) is 13.8 Å². The number of aromatic carboxylic acids is 1. The van der Waals surface area contributed by atoms with E-state index in [0.717, 1.165) is 25.9 Å². The molecule has 1 heterocycles. The number of carboxylic acids is 1. The maximum atomic E-state index is 12.5. The first kappa shape index (κ1) is 16.0. The summed E-state index contributed by atoms with van der Waals surface area (Å²) in [5, 5.41) is 9.53. The van der Waals surface area contributed by atoms with Crippen LogP contribution in [0, 0.1) is 0 Å². The van der Waals surface area contributed by atoms with Crippen LogP contribution in [-0.4, -0.2) is 33.7 Å². The molecule has 2 rings (SSSR count). The van der Waals surface area contributed by atoms with Crippen LogP contribution in [0.25, 0.3) is 10.9 Å². The minimum atomic E-state index is -1.02. The fourth-order valence-electron chi connectivity index (χ4n) is 2.53. The summed E-state index contributed by atoms with van der Waals surface area (Å²) in [6.45, 7) is 5.76. The Bertz CT molecular complexity index is 746. The number of anilines is 1. The summed E-state index contributed by atoms with van der Waals surface area (Å²) >= 11 is 0. The van der Waals surface area contributed by atoms with Crippen LogP contribution in [0.4, 0.5) is 5.95 Å². The molecule has 0 fully saturated rings. The van der Waals surface area contributed by atoms with Crippen molar-refractivity contribution in [2.75, 3.05) is 18.0 Å². The maximum Gasteiger partial charge on any atom is 0.335 e. The SMILES string of the molecule is CCCN(CCC)c1nc2cc(C(=O)O)ccc2c(=O)n1C.